The summed E-state index contributed by atoms with van der Waals surface area (Å²) in [5, 5.41) is 12.8. The van der Waals surface area contributed by atoms with Crippen molar-refractivity contribution in [3.63, 3.8) is 0 Å². The van der Waals surface area contributed by atoms with Gasteiger partial charge in [0, 0.05) is 10.6 Å². The van der Waals surface area contributed by atoms with E-state index in [1.807, 2.05) is 18.2 Å². The Bertz CT molecular complexity index is 917. The van der Waals surface area contributed by atoms with Gasteiger partial charge in [-0.1, -0.05) is 12.1 Å². The maximum absolute atomic E-state index is 12.6. The van der Waals surface area contributed by atoms with Gasteiger partial charge in [0.15, 0.2) is 0 Å². The number of benzene rings is 2. The molecule has 2 aromatic carbocycles. The number of carbonyl (C=O) groups is 1. The zero-order chi connectivity index (χ0) is 19.1. The molecular formula is C21H23BN2O3S. The molecule has 3 aliphatic rings. The van der Waals surface area contributed by atoms with E-state index in [9.17, 15) is 9.82 Å². The van der Waals surface area contributed by atoms with Crippen molar-refractivity contribution in [2.75, 3.05) is 5.32 Å². The van der Waals surface area contributed by atoms with Crippen LogP contribution in [0.4, 0.5) is 10.5 Å². The molecule has 2 amide bonds. The fourth-order valence-electron chi connectivity index (χ4n) is 4.61. The topological polar surface area (TPSA) is 70.6 Å². The molecule has 2 aliphatic carbocycles. The van der Waals surface area contributed by atoms with Crippen LogP contribution in [0.5, 0.6) is 5.75 Å². The molecule has 28 heavy (non-hydrogen) atoms. The van der Waals surface area contributed by atoms with Gasteiger partial charge in [0.2, 0.25) is 0 Å². The summed E-state index contributed by atoms with van der Waals surface area (Å²) in [5.74, 6) is 0.699. The summed E-state index contributed by atoms with van der Waals surface area (Å²) in [6.07, 6.45) is 8.11. The zero-order valence-corrected chi connectivity index (χ0v) is 16.5. The molecule has 0 unspecified atom stereocenters. The molecule has 0 radical (unpaired) electrons. The Labute approximate surface area is 169 Å². The Morgan fingerprint density at radius 2 is 1.75 bits per heavy atom. The van der Waals surface area contributed by atoms with Crippen LogP contribution in [0.15, 0.2) is 29.2 Å². The zero-order valence-electron chi connectivity index (χ0n) is 15.7. The lowest BCUT2D eigenvalue weighted by molar-refractivity contribution is 0.257. The third-order valence-corrected chi connectivity index (χ3v) is 6.71. The van der Waals surface area contributed by atoms with Crippen molar-refractivity contribution in [2.45, 2.75) is 56.2 Å². The van der Waals surface area contributed by atoms with E-state index < -0.39 is 7.12 Å². The number of hydrogen-bond donors (Lipinski definition) is 3. The van der Waals surface area contributed by atoms with Crippen LogP contribution < -0.4 is 14.7 Å². The molecule has 0 atom stereocenters. The minimum absolute atomic E-state index is 0.196. The molecule has 1 heterocycles. The van der Waals surface area contributed by atoms with E-state index in [2.05, 4.69) is 16.1 Å². The van der Waals surface area contributed by atoms with Gasteiger partial charge in [-0.3, -0.25) is 4.72 Å². The summed E-state index contributed by atoms with van der Waals surface area (Å²) >= 11 is 1.26. The minimum atomic E-state index is -0.744. The summed E-state index contributed by atoms with van der Waals surface area (Å²) < 4.78 is 8.39. The van der Waals surface area contributed by atoms with Crippen molar-refractivity contribution in [2.24, 2.45) is 0 Å². The van der Waals surface area contributed by atoms with Crippen molar-refractivity contribution in [3.8, 4) is 5.75 Å². The molecule has 0 spiro atoms. The summed E-state index contributed by atoms with van der Waals surface area (Å²) in [5.41, 5.74) is 7.63. The second kappa shape index (κ2) is 7.37. The van der Waals surface area contributed by atoms with E-state index in [1.165, 1.54) is 47.0 Å². The molecule has 0 saturated carbocycles. The van der Waals surface area contributed by atoms with Crippen molar-refractivity contribution in [3.05, 3.63) is 52.1 Å². The van der Waals surface area contributed by atoms with Gasteiger partial charge in [-0.25, -0.2) is 4.79 Å². The molecule has 2 aromatic rings. The molecular weight excluding hydrogens is 371 g/mol. The first-order valence-electron chi connectivity index (χ1n) is 10.1. The van der Waals surface area contributed by atoms with E-state index in [0.29, 0.717) is 12.1 Å². The molecule has 1 aliphatic heterocycles. The monoisotopic (exact) mass is 394 g/mol. The van der Waals surface area contributed by atoms with Crippen molar-refractivity contribution in [1.29, 1.82) is 0 Å². The van der Waals surface area contributed by atoms with Crippen LogP contribution in [-0.2, 0) is 32.1 Å². The smallest absolute Gasteiger partial charge is 0.522 e. The van der Waals surface area contributed by atoms with E-state index in [4.69, 9.17) is 4.65 Å². The van der Waals surface area contributed by atoms with Gasteiger partial charge in [0.1, 0.15) is 5.75 Å². The summed E-state index contributed by atoms with van der Waals surface area (Å²) in [6, 6.07) is 8.02. The van der Waals surface area contributed by atoms with E-state index >= 15 is 0 Å². The van der Waals surface area contributed by atoms with Gasteiger partial charge >= 0.3 is 13.1 Å². The van der Waals surface area contributed by atoms with Crippen LogP contribution in [0, 0.1) is 0 Å². The van der Waals surface area contributed by atoms with E-state index in [1.54, 1.807) is 0 Å². The Morgan fingerprint density at radius 3 is 2.50 bits per heavy atom. The molecule has 0 bridgehead atoms. The van der Waals surface area contributed by atoms with Gasteiger partial charge in [-0.05, 0) is 103 Å². The fraction of sp³-hybridized carbons (Fsp3) is 0.381. The highest BCUT2D eigenvalue weighted by Crippen LogP contribution is 2.38. The molecule has 5 rings (SSSR count). The molecule has 5 nitrogen and oxygen atoms in total. The highest BCUT2D eigenvalue weighted by molar-refractivity contribution is 7.98. The highest BCUT2D eigenvalue weighted by Gasteiger charge is 2.25. The second-order valence-electron chi connectivity index (χ2n) is 7.77. The number of fused-ring (bicyclic) bond motifs is 3. The SMILES string of the molecule is O=C(NSc1ccc2c(c1)OB(O)CC2)Nc1c2c(cc3c1CCC3)CCC2. The number of anilines is 1. The van der Waals surface area contributed by atoms with E-state index in [-0.39, 0.29) is 6.03 Å². The molecule has 0 saturated heterocycles. The van der Waals surface area contributed by atoms with Crippen LogP contribution in [0.25, 0.3) is 0 Å². The normalized spacial score (nSPS) is 16.8. The first-order valence-corrected chi connectivity index (χ1v) is 10.9. The van der Waals surface area contributed by atoms with Crippen LogP contribution >= 0.6 is 11.9 Å². The third kappa shape index (κ3) is 3.37. The molecule has 3 N–H and O–H groups in total. The third-order valence-electron chi connectivity index (χ3n) is 5.94. The van der Waals surface area contributed by atoms with Crippen LogP contribution in [0.1, 0.15) is 40.7 Å². The predicted molar refractivity (Wildman–Crippen MR) is 112 cm³/mol. The Kier molecular flexibility index (Phi) is 4.73. The average Bonchev–Trinajstić information content (AvgIpc) is 3.35. The number of carbonyl (C=O) groups excluding carboxylic acids is 1. The van der Waals surface area contributed by atoms with Crippen molar-refractivity contribution < 1.29 is 14.5 Å². The maximum Gasteiger partial charge on any atom is 0.522 e. The molecule has 144 valence electrons. The fourth-order valence-corrected chi connectivity index (χ4v) is 5.17. The summed E-state index contributed by atoms with van der Waals surface area (Å²) in [6.45, 7) is 0. The second-order valence-corrected chi connectivity index (χ2v) is 8.65. The number of rotatable bonds is 3. The average molecular weight is 394 g/mol. The van der Waals surface area contributed by atoms with Crippen LogP contribution in [0.2, 0.25) is 6.32 Å². The number of aryl methyl sites for hydroxylation is 3. The Hall–Kier alpha value is -2.12. The molecule has 7 heteroatoms. The first-order chi connectivity index (χ1) is 13.7. The Morgan fingerprint density at radius 1 is 1.00 bits per heavy atom. The molecule has 0 fully saturated rings. The van der Waals surface area contributed by atoms with Gasteiger partial charge in [-0.2, -0.15) is 0 Å². The number of nitrogens with one attached hydrogen (secondary N) is 2. The van der Waals surface area contributed by atoms with Gasteiger partial charge in [0.05, 0.1) is 0 Å². The quantitative estimate of drug-likeness (QED) is 0.546. The van der Waals surface area contributed by atoms with Crippen molar-refractivity contribution >= 4 is 30.8 Å². The number of amides is 2. The summed E-state index contributed by atoms with van der Waals surface area (Å²) in [4.78, 5) is 13.5. The first kappa shape index (κ1) is 17.9. The lowest BCUT2D eigenvalue weighted by atomic mass is 9.79. The van der Waals surface area contributed by atoms with E-state index in [0.717, 1.165) is 48.3 Å². The standard InChI is InChI=1S/C21H23BN2O3S/c25-21(24-28-16-8-7-13-9-10-22(26)27-19(13)12-16)23-20-17-5-1-3-14(17)11-15-4-2-6-18(15)20/h7-8,11-12,26H,1-6,9-10H2,(H2,23,24,25). The summed E-state index contributed by atoms with van der Waals surface area (Å²) in [7, 11) is -0.744. The maximum atomic E-state index is 12.6. The van der Waals surface area contributed by atoms with Gasteiger partial charge in [0.25, 0.3) is 0 Å². The number of urea groups is 1. The van der Waals surface area contributed by atoms with Crippen molar-refractivity contribution in [1.82, 2.24) is 4.72 Å². The predicted octanol–water partition coefficient (Wildman–Crippen LogP) is 3.91. The molecule has 0 aromatic heterocycles. The lowest BCUT2D eigenvalue weighted by Crippen LogP contribution is -2.26. The Balaban J connectivity index is 1.29. The minimum Gasteiger partial charge on any atom is -0.536 e. The van der Waals surface area contributed by atoms with Gasteiger partial charge in [-0.15, -0.1) is 0 Å². The largest absolute Gasteiger partial charge is 0.536 e. The van der Waals surface area contributed by atoms with Crippen LogP contribution in [0.3, 0.4) is 0 Å². The highest BCUT2D eigenvalue weighted by atomic mass is 32.2. The van der Waals surface area contributed by atoms with Gasteiger partial charge < -0.3 is 15.0 Å². The number of hydrogen-bond acceptors (Lipinski definition) is 4. The lowest BCUT2D eigenvalue weighted by Gasteiger charge is -2.20. The van der Waals surface area contributed by atoms with Crippen LogP contribution in [-0.4, -0.2) is 18.2 Å².